The van der Waals surface area contributed by atoms with Crippen LogP contribution in [0.3, 0.4) is 0 Å². The van der Waals surface area contributed by atoms with Gasteiger partial charge in [0.15, 0.2) is 0 Å². The van der Waals surface area contributed by atoms with E-state index >= 15 is 0 Å². The van der Waals surface area contributed by atoms with E-state index in [4.69, 9.17) is 27.9 Å². The summed E-state index contributed by atoms with van der Waals surface area (Å²) in [6, 6.07) is 5.44. The van der Waals surface area contributed by atoms with Gasteiger partial charge < -0.3 is 9.64 Å². The molecule has 0 saturated carbocycles. The molecule has 5 nitrogen and oxygen atoms in total. The summed E-state index contributed by atoms with van der Waals surface area (Å²) < 4.78 is 6.49. The predicted molar refractivity (Wildman–Crippen MR) is 85.5 cm³/mol. The first-order chi connectivity index (χ1) is 10.1. The van der Waals surface area contributed by atoms with Gasteiger partial charge in [-0.1, -0.05) is 27.5 Å². The molecule has 0 amide bonds. The van der Waals surface area contributed by atoms with Crippen molar-refractivity contribution in [3.05, 3.63) is 33.0 Å². The zero-order valence-electron chi connectivity index (χ0n) is 10.9. The summed E-state index contributed by atoms with van der Waals surface area (Å²) in [5.41, 5.74) is 0. The Morgan fingerprint density at radius 3 is 2.57 bits per heavy atom. The molecular weight excluding hydrogens is 379 g/mol. The van der Waals surface area contributed by atoms with Crippen LogP contribution in [0.1, 0.15) is 12.8 Å². The summed E-state index contributed by atoms with van der Waals surface area (Å²) in [5, 5.41) is 0.568. The molecule has 0 bridgehead atoms. The second-order valence-electron chi connectivity index (χ2n) is 4.56. The molecule has 0 aliphatic carbocycles. The van der Waals surface area contributed by atoms with Crippen LogP contribution in [-0.2, 0) is 0 Å². The van der Waals surface area contributed by atoms with Crippen molar-refractivity contribution in [1.82, 2.24) is 15.0 Å². The van der Waals surface area contributed by atoms with E-state index in [9.17, 15) is 0 Å². The highest BCUT2D eigenvalue weighted by molar-refractivity contribution is 9.10. The van der Waals surface area contributed by atoms with Crippen LogP contribution in [-0.4, -0.2) is 28.0 Å². The summed E-state index contributed by atoms with van der Waals surface area (Å²) in [4.78, 5) is 14.5. The first-order valence-electron chi connectivity index (χ1n) is 6.41. The van der Waals surface area contributed by atoms with E-state index in [0.717, 1.165) is 30.4 Å². The van der Waals surface area contributed by atoms with E-state index in [0.29, 0.717) is 16.7 Å². The zero-order valence-corrected chi connectivity index (χ0v) is 14.0. The highest BCUT2D eigenvalue weighted by Crippen LogP contribution is 2.31. The molecule has 0 radical (unpaired) electrons. The Balaban J connectivity index is 1.87. The SMILES string of the molecule is Clc1nc(Oc2ccc(Br)cc2Cl)nc(N2CCCC2)n1. The van der Waals surface area contributed by atoms with Crippen molar-refractivity contribution in [2.45, 2.75) is 12.8 Å². The van der Waals surface area contributed by atoms with Crippen LogP contribution in [0.5, 0.6) is 11.8 Å². The lowest BCUT2D eigenvalue weighted by atomic mass is 10.3. The van der Waals surface area contributed by atoms with Gasteiger partial charge in [-0.15, -0.1) is 0 Å². The molecule has 21 heavy (non-hydrogen) atoms. The van der Waals surface area contributed by atoms with E-state index < -0.39 is 0 Å². The first kappa shape index (κ1) is 14.8. The lowest BCUT2D eigenvalue weighted by molar-refractivity contribution is 0.439. The molecule has 1 aliphatic heterocycles. The van der Waals surface area contributed by atoms with Gasteiger partial charge in [0.05, 0.1) is 5.02 Å². The van der Waals surface area contributed by atoms with Gasteiger partial charge in [-0.3, -0.25) is 0 Å². The second kappa shape index (κ2) is 6.34. The van der Waals surface area contributed by atoms with Crippen molar-refractivity contribution < 1.29 is 4.74 Å². The van der Waals surface area contributed by atoms with Crippen LogP contribution in [0.25, 0.3) is 0 Å². The highest BCUT2D eigenvalue weighted by atomic mass is 79.9. The molecular formula is C13H11BrCl2N4O. The van der Waals surface area contributed by atoms with Gasteiger partial charge in [0.2, 0.25) is 11.2 Å². The summed E-state index contributed by atoms with van der Waals surface area (Å²) in [6.07, 6.45) is 2.25. The van der Waals surface area contributed by atoms with E-state index in [1.54, 1.807) is 12.1 Å². The molecule has 0 spiro atoms. The standard InChI is InChI=1S/C13H11BrCl2N4O/c14-8-3-4-10(9(15)7-8)21-13-18-11(16)17-12(19-13)20-5-1-2-6-20/h3-4,7H,1-2,5-6H2. The van der Waals surface area contributed by atoms with E-state index in [-0.39, 0.29) is 11.3 Å². The second-order valence-corrected chi connectivity index (χ2v) is 6.22. The molecule has 1 saturated heterocycles. The lowest BCUT2D eigenvalue weighted by Gasteiger charge is -2.15. The maximum absolute atomic E-state index is 6.12. The fourth-order valence-corrected chi connectivity index (χ4v) is 2.94. The Kier molecular flexibility index (Phi) is 4.47. The van der Waals surface area contributed by atoms with Crippen LogP contribution in [0.15, 0.2) is 22.7 Å². The molecule has 0 atom stereocenters. The van der Waals surface area contributed by atoms with Crippen LogP contribution < -0.4 is 9.64 Å². The molecule has 1 aromatic carbocycles. The van der Waals surface area contributed by atoms with Crippen molar-refractivity contribution in [1.29, 1.82) is 0 Å². The monoisotopic (exact) mass is 388 g/mol. The van der Waals surface area contributed by atoms with Crippen molar-refractivity contribution in [3.63, 3.8) is 0 Å². The molecule has 0 unspecified atom stereocenters. The van der Waals surface area contributed by atoms with E-state index in [1.807, 2.05) is 6.07 Å². The number of benzene rings is 1. The van der Waals surface area contributed by atoms with Gasteiger partial charge in [-0.25, -0.2) is 0 Å². The Morgan fingerprint density at radius 1 is 1.10 bits per heavy atom. The number of rotatable bonds is 3. The van der Waals surface area contributed by atoms with Crippen LogP contribution >= 0.6 is 39.1 Å². The fourth-order valence-electron chi connectivity index (χ4n) is 2.08. The Morgan fingerprint density at radius 2 is 1.86 bits per heavy atom. The minimum absolute atomic E-state index is 0.107. The highest BCUT2D eigenvalue weighted by Gasteiger charge is 2.18. The zero-order chi connectivity index (χ0) is 14.8. The smallest absolute Gasteiger partial charge is 0.328 e. The number of hydrogen-bond donors (Lipinski definition) is 0. The van der Waals surface area contributed by atoms with Crippen molar-refractivity contribution >= 4 is 45.1 Å². The predicted octanol–water partition coefficient (Wildman–Crippen LogP) is 4.33. The number of hydrogen-bond acceptors (Lipinski definition) is 5. The fraction of sp³-hybridized carbons (Fsp3) is 0.308. The number of anilines is 1. The quantitative estimate of drug-likeness (QED) is 0.781. The van der Waals surface area contributed by atoms with Gasteiger partial charge in [-0.05, 0) is 42.6 Å². The average Bonchev–Trinajstić information content (AvgIpc) is 2.95. The van der Waals surface area contributed by atoms with Gasteiger partial charge in [0.1, 0.15) is 5.75 Å². The van der Waals surface area contributed by atoms with Crippen molar-refractivity contribution in [3.8, 4) is 11.8 Å². The van der Waals surface area contributed by atoms with E-state index in [1.165, 1.54) is 0 Å². The third-order valence-corrected chi connectivity index (χ3v) is 4.02. The third kappa shape index (κ3) is 3.56. The number of nitrogens with zero attached hydrogens (tertiary/aromatic N) is 4. The topological polar surface area (TPSA) is 51.1 Å². The molecule has 1 aliphatic rings. The van der Waals surface area contributed by atoms with Gasteiger partial charge in [0, 0.05) is 17.6 Å². The lowest BCUT2D eigenvalue weighted by Crippen LogP contribution is -2.21. The molecule has 2 aromatic rings. The molecule has 0 N–H and O–H groups in total. The minimum Gasteiger partial charge on any atom is -0.423 e. The minimum atomic E-state index is 0.107. The number of halogens is 3. The Labute approximate surface area is 140 Å². The largest absolute Gasteiger partial charge is 0.423 e. The molecule has 3 rings (SSSR count). The van der Waals surface area contributed by atoms with Gasteiger partial charge >= 0.3 is 6.01 Å². The van der Waals surface area contributed by atoms with Crippen LogP contribution in [0, 0.1) is 0 Å². The number of aromatic nitrogens is 3. The van der Waals surface area contributed by atoms with Crippen LogP contribution in [0.2, 0.25) is 10.3 Å². The Hall–Kier alpha value is -1.11. The summed E-state index contributed by atoms with van der Waals surface area (Å²) in [5.74, 6) is 1.00. The van der Waals surface area contributed by atoms with Gasteiger partial charge in [0.25, 0.3) is 0 Å². The maximum Gasteiger partial charge on any atom is 0.328 e. The average molecular weight is 390 g/mol. The molecule has 2 heterocycles. The molecule has 1 fully saturated rings. The summed E-state index contributed by atoms with van der Waals surface area (Å²) in [6.45, 7) is 1.83. The number of ether oxygens (including phenoxy) is 1. The van der Waals surface area contributed by atoms with Crippen molar-refractivity contribution in [2.75, 3.05) is 18.0 Å². The maximum atomic E-state index is 6.12. The van der Waals surface area contributed by atoms with Crippen molar-refractivity contribution in [2.24, 2.45) is 0 Å². The summed E-state index contributed by atoms with van der Waals surface area (Å²) >= 11 is 15.4. The van der Waals surface area contributed by atoms with Crippen LogP contribution in [0.4, 0.5) is 5.95 Å². The van der Waals surface area contributed by atoms with Gasteiger partial charge in [-0.2, -0.15) is 15.0 Å². The molecule has 110 valence electrons. The van der Waals surface area contributed by atoms with E-state index in [2.05, 4.69) is 35.8 Å². The third-order valence-electron chi connectivity index (χ3n) is 3.06. The Bertz CT molecular complexity index is 665. The molecule has 8 heteroatoms. The summed E-state index contributed by atoms with van der Waals surface area (Å²) in [7, 11) is 0. The normalized spacial score (nSPS) is 14.5. The first-order valence-corrected chi connectivity index (χ1v) is 7.96. The molecule has 1 aromatic heterocycles.